The normalized spacial score (nSPS) is 11.2. The number of aryl methyl sites for hydroxylation is 1. The average molecular weight is 267 g/mol. The van der Waals surface area contributed by atoms with E-state index in [-0.39, 0.29) is 6.61 Å². The van der Waals surface area contributed by atoms with Gasteiger partial charge in [-0.2, -0.15) is 0 Å². The van der Waals surface area contributed by atoms with E-state index in [0.29, 0.717) is 6.54 Å². The zero-order chi connectivity index (χ0) is 14.1. The Kier molecular flexibility index (Phi) is 3.26. The Hall–Kier alpha value is -2.17. The fraction of sp³-hybridized carbons (Fsp3) is 0.188. The summed E-state index contributed by atoms with van der Waals surface area (Å²) in [5, 5.41) is 9.52. The molecule has 4 heteroatoms. The third-order valence-electron chi connectivity index (χ3n) is 3.67. The summed E-state index contributed by atoms with van der Waals surface area (Å²) in [7, 11) is 1.97. The van der Waals surface area contributed by atoms with E-state index in [1.165, 1.54) is 0 Å². The van der Waals surface area contributed by atoms with Crippen LogP contribution in [0.1, 0.15) is 11.1 Å². The smallest absolute Gasteiger partial charge is 0.0955 e. The summed E-state index contributed by atoms with van der Waals surface area (Å²) < 4.78 is 1.99. The molecular formula is C16H17N3O. The minimum absolute atomic E-state index is 0.0175. The van der Waals surface area contributed by atoms with Crippen molar-refractivity contribution in [1.82, 2.24) is 9.55 Å². The molecule has 20 heavy (non-hydrogen) atoms. The second-order valence-electron chi connectivity index (χ2n) is 4.83. The molecule has 0 spiro atoms. The molecular weight excluding hydrogens is 250 g/mol. The summed E-state index contributed by atoms with van der Waals surface area (Å²) in [4.78, 5) is 4.36. The minimum Gasteiger partial charge on any atom is -0.392 e. The van der Waals surface area contributed by atoms with Crippen molar-refractivity contribution in [2.45, 2.75) is 13.2 Å². The summed E-state index contributed by atoms with van der Waals surface area (Å²) in [5.74, 6) is 0. The Morgan fingerprint density at radius 3 is 2.70 bits per heavy atom. The van der Waals surface area contributed by atoms with Gasteiger partial charge < -0.3 is 15.4 Å². The van der Waals surface area contributed by atoms with Gasteiger partial charge in [0.05, 0.1) is 24.0 Å². The van der Waals surface area contributed by atoms with Crippen LogP contribution in [-0.4, -0.2) is 14.7 Å². The van der Waals surface area contributed by atoms with Crippen molar-refractivity contribution in [1.29, 1.82) is 0 Å². The van der Waals surface area contributed by atoms with E-state index in [2.05, 4.69) is 4.98 Å². The number of aliphatic hydroxyl groups is 1. The molecule has 3 N–H and O–H groups in total. The van der Waals surface area contributed by atoms with Gasteiger partial charge in [-0.15, -0.1) is 0 Å². The van der Waals surface area contributed by atoms with Gasteiger partial charge in [0.1, 0.15) is 0 Å². The largest absolute Gasteiger partial charge is 0.392 e. The lowest BCUT2D eigenvalue weighted by atomic mass is 9.94. The molecule has 0 bridgehead atoms. The average Bonchev–Trinajstić information content (AvgIpc) is 2.88. The van der Waals surface area contributed by atoms with Gasteiger partial charge in [0.2, 0.25) is 0 Å². The van der Waals surface area contributed by atoms with Crippen LogP contribution >= 0.6 is 0 Å². The summed E-state index contributed by atoms with van der Waals surface area (Å²) in [6, 6.07) is 11.9. The quantitative estimate of drug-likeness (QED) is 0.764. The number of nitrogens with zero attached hydrogens (tertiary/aromatic N) is 2. The third-order valence-corrected chi connectivity index (χ3v) is 3.67. The molecule has 2 aromatic carbocycles. The second kappa shape index (κ2) is 5.07. The van der Waals surface area contributed by atoms with Gasteiger partial charge in [0.15, 0.2) is 0 Å². The van der Waals surface area contributed by atoms with E-state index in [0.717, 1.165) is 33.3 Å². The predicted molar refractivity (Wildman–Crippen MR) is 80.0 cm³/mol. The lowest BCUT2D eigenvalue weighted by molar-refractivity contribution is 0.282. The number of imidazole rings is 1. The van der Waals surface area contributed by atoms with Crippen molar-refractivity contribution in [3.63, 3.8) is 0 Å². The van der Waals surface area contributed by atoms with E-state index in [1.54, 1.807) is 6.33 Å². The van der Waals surface area contributed by atoms with Crippen LogP contribution in [0.4, 0.5) is 0 Å². The maximum absolute atomic E-state index is 9.52. The van der Waals surface area contributed by atoms with E-state index < -0.39 is 0 Å². The molecule has 0 aliphatic rings. The standard InChI is InChI=1S/C16H17N3O/c1-19-10-18-15-7-6-13(14(8-17)16(15)19)12-5-3-2-4-11(12)9-20/h2-7,10,20H,8-9,17H2,1H3. The monoisotopic (exact) mass is 267 g/mol. The van der Waals surface area contributed by atoms with Crippen molar-refractivity contribution < 1.29 is 5.11 Å². The summed E-state index contributed by atoms with van der Waals surface area (Å²) in [6.45, 7) is 0.454. The molecule has 0 unspecified atom stereocenters. The molecule has 102 valence electrons. The van der Waals surface area contributed by atoms with Gasteiger partial charge >= 0.3 is 0 Å². The molecule has 0 atom stereocenters. The highest BCUT2D eigenvalue weighted by Crippen LogP contribution is 2.31. The molecule has 1 aromatic heterocycles. The molecule has 1 heterocycles. The van der Waals surface area contributed by atoms with Crippen LogP contribution < -0.4 is 5.73 Å². The first kappa shape index (κ1) is 12.8. The zero-order valence-corrected chi connectivity index (χ0v) is 11.4. The highest BCUT2D eigenvalue weighted by Gasteiger charge is 2.13. The fourth-order valence-corrected chi connectivity index (χ4v) is 2.71. The minimum atomic E-state index is 0.0175. The van der Waals surface area contributed by atoms with E-state index in [1.807, 2.05) is 48.0 Å². The van der Waals surface area contributed by atoms with Crippen molar-refractivity contribution >= 4 is 11.0 Å². The summed E-state index contributed by atoms with van der Waals surface area (Å²) in [5.41, 5.74) is 12.0. The van der Waals surface area contributed by atoms with Crippen molar-refractivity contribution in [2.24, 2.45) is 12.8 Å². The number of hydrogen-bond acceptors (Lipinski definition) is 3. The molecule has 0 fully saturated rings. The van der Waals surface area contributed by atoms with E-state index >= 15 is 0 Å². The summed E-state index contributed by atoms with van der Waals surface area (Å²) >= 11 is 0. The Morgan fingerprint density at radius 1 is 1.15 bits per heavy atom. The van der Waals surface area contributed by atoms with Crippen LogP contribution in [0.5, 0.6) is 0 Å². The molecule has 0 saturated carbocycles. The van der Waals surface area contributed by atoms with Crippen molar-refractivity contribution in [3.8, 4) is 11.1 Å². The SMILES string of the molecule is Cn1cnc2ccc(-c3ccccc3CO)c(CN)c21. The maximum atomic E-state index is 9.52. The van der Waals surface area contributed by atoms with Gasteiger partial charge in [0.25, 0.3) is 0 Å². The number of benzene rings is 2. The van der Waals surface area contributed by atoms with Crippen LogP contribution in [0.3, 0.4) is 0 Å². The fourth-order valence-electron chi connectivity index (χ4n) is 2.71. The Labute approximate surface area is 117 Å². The first-order chi connectivity index (χ1) is 9.76. The number of rotatable bonds is 3. The van der Waals surface area contributed by atoms with Crippen LogP contribution in [0.15, 0.2) is 42.7 Å². The van der Waals surface area contributed by atoms with Gasteiger partial charge in [-0.3, -0.25) is 0 Å². The molecule has 0 radical (unpaired) electrons. The van der Waals surface area contributed by atoms with Gasteiger partial charge in [0, 0.05) is 13.6 Å². The second-order valence-corrected chi connectivity index (χ2v) is 4.83. The molecule has 3 rings (SSSR count). The Bertz CT molecular complexity index is 762. The number of nitrogens with two attached hydrogens (primary N) is 1. The van der Waals surface area contributed by atoms with Crippen molar-refractivity contribution in [3.05, 3.63) is 53.9 Å². The molecule has 0 aliphatic carbocycles. The van der Waals surface area contributed by atoms with E-state index in [9.17, 15) is 5.11 Å². The molecule has 0 aliphatic heterocycles. The first-order valence-corrected chi connectivity index (χ1v) is 6.58. The van der Waals surface area contributed by atoms with E-state index in [4.69, 9.17) is 5.73 Å². The zero-order valence-electron chi connectivity index (χ0n) is 11.4. The highest BCUT2D eigenvalue weighted by atomic mass is 16.3. The molecule has 0 amide bonds. The van der Waals surface area contributed by atoms with Gasteiger partial charge in [-0.1, -0.05) is 30.3 Å². The predicted octanol–water partition coefficient (Wildman–Crippen LogP) is 2.19. The lowest BCUT2D eigenvalue weighted by Gasteiger charge is -2.13. The third kappa shape index (κ3) is 1.90. The van der Waals surface area contributed by atoms with Gasteiger partial charge in [-0.25, -0.2) is 4.98 Å². The molecule has 4 nitrogen and oxygen atoms in total. The van der Waals surface area contributed by atoms with Crippen LogP contribution in [0, 0.1) is 0 Å². The summed E-state index contributed by atoms with van der Waals surface area (Å²) in [6.07, 6.45) is 1.80. The van der Waals surface area contributed by atoms with Crippen LogP contribution in [-0.2, 0) is 20.2 Å². The van der Waals surface area contributed by atoms with Crippen LogP contribution in [0.2, 0.25) is 0 Å². The first-order valence-electron chi connectivity index (χ1n) is 6.58. The maximum Gasteiger partial charge on any atom is 0.0955 e. The highest BCUT2D eigenvalue weighted by molar-refractivity contribution is 5.88. The van der Waals surface area contributed by atoms with Gasteiger partial charge in [-0.05, 0) is 28.3 Å². The Morgan fingerprint density at radius 2 is 1.95 bits per heavy atom. The number of aliphatic hydroxyl groups excluding tert-OH is 1. The number of aromatic nitrogens is 2. The molecule has 0 saturated heterocycles. The van der Waals surface area contributed by atoms with Crippen molar-refractivity contribution in [2.75, 3.05) is 0 Å². The Balaban J connectivity index is 2.33. The number of hydrogen-bond donors (Lipinski definition) is 2. The number of fused-ring (bicyclic) bond motifs is 1. The lowest BCUT2D eigenvalue weighted by Crippen LogP contribution is -2.03. The molecule has 3 aromatic rings. The van der Waals surface area contributed by atoms with Crippen LogP contribution in [0.25, 0.3) is 22.2 Å². The topological polar surface area (TPSA) is 64.1 Å².